The number of hydrogen-bond acceptors (Lipinski definition) is 5. The number of hydrogen-bond donors (Lipinski definition) is 2. The Labute approximate surface area is 151 Å². The van der Waals surface area contributed by atoms with Crippen LogP contribution >= 0.6 is 0 Å². The topological polar surface area (TPSA) is 75.6 Å². The minimum atomic E-state index is 0.164. The van der Waals surface area contributed by atoms with Crippen LogP contribution < -0.4 is 11.6 Å². The number of carbonyl (C=O) groups is 1. The Morgan fingerprint density at radius 1 is 1.44 bits per heavy atom. The molecule has 25 heavy (non-hydrogen) atoms. The SMILES string of the molecule is C=C1C(C(=O)CCC)=CC(C2CC2)=CN1/C=C(\C)CN(N)/C=C(/C)N. The number of allylic oxidation sites excluding steroid dienone is 4. The van der Waals surface area contributed by atoms with Gasteiger partial charge in [0, 0.05) is 42.0 Å². The summed E-state index contributed by atoms with van der Waals surface area (Å²) in [6, 6.07) is 0. The minimum absolute atomic E-state index is 0.164. The second-order valence-corrected chi connectivity index (χ2v) is 7.01. The molecule has 1 saturated carbocycles. The summed E-state index contributed by atoms with van der Waals surface area (Å²) in [6.07, 6.45) is 11.6. The van der Waals surface area contributed by atoms with E-state index in [4.69, 9.17) is 11.6 Å². The fourth-order valence-electron chi connectivity index (χ4n) is 2.90. The lowest BCUT2D eigenvalue weighted by molar-refractivity contribution is -0.115. The number of nitrogens with zero attached hydrogens (tertiary/aromatic N) is 2. The van der Waals surface area contributed by atoms with Crippen molar-refractivity contribution in [3.05, 3.63) is 59.4 Å². The van der Waals surface area contributed by atoms with Gasteiger partial charge < -0.3 is 15.6 Å². The van der Waals surface area contributed by atoms with Crippen molar-refractivity contribution >= 4 is 5.78 Å². The van der Waals surface area contributed by atoms with Crippen molar-refractivity contribution in [1.82, 2.24) is 9.91 Å². The molecule has 0 bridgehead atoms. The van der Waals surface area contributed by atoms with E-state index in [1.54, 1.807) is 18.1 Å². The predicted octanol–water partition coefficient (Wildman–Crippen LogP) is 3.30. The first kappa shape index (κ1) is 19.1. The molecule has 0 radical (unpaired) electrons. The van der Waals surface area contributed by atoms with E-state index < -0.39 is 0 Å². The largest absolute Gasteiger partial charge is 0.401 e. The molecule has 0 atom stereocenters. The molecule has 1 aliphatic heterocycles. The highest BCUT2D eigenvalue weighted by Gasteiger charge is 2.30. The fraction of sp³-hybridized carbons (Fsp3) is 0.450. The predicted molar refractivity (Wildman–Crippen MR) is 102 cm³/mol. The van der Waals surface area contributed by atoms with E-state index in [-0.39, 0.29) is 5.78 Å². The first-order valence-corrected chi connectivity index (χ1v) is 8.88. The maximum absolute atomic E-state index is 12.5. The lowest BCUT2D eigenvalue weighted by atomic mass is 9.96. The van der Waals surface area contributed by atoms with Crippen molar-refractivity contribution < 1.29 is 4.79 Å². The summed E-state index contributed by atoms with van der Waals surface area (Å²) in [6.45, 7) is 10.5. The van der Waals surface area contributed by atoms with Crippen LogP contribution in [0.25, 0.3) is 0 Å². The first-order valence-electron chi connectivity index (χ1n) is 8.88. The molecule has 0 aromatic rings. The molecule has 0 saturated heterocycles. The van der Waals surface area contributed by atoms with Gasteiger partial charge in [-0.05, 0) is 56.3 Å². The normalized spacial score (nSPS) is 18.9. The second-order valence-electron chi connectivity index (χ2n) is 7.01. The summed E-state index contributed by atoms with van der Waals surface area (Å²) in [5, 5.41) is 1.55. The first-order chi connectivity index (χ1) is 11.8. The highest BCUT2D eigenvalue weighted by atomic mass is 16.1. The van der Waals surface area contributed by atoms with Gasteiger partial charge in [0.05, 0.1) is 6.54 Å². The molecule has 1 heterocycles. The van der Waals surface area contributed by atoms with E-state index >= 15 is 0 Å². The van der Waals surface area contributed by atoms with Crippen molar-refractivity contribution in [2.45, 2.75) is 46.5 Å². The molecule has 4 N–H and O–H groups in total. The Bertz CT molecular complexity index is 661. The molecule has 1 aliphatic carbocycles. The molecule has 0 spiro atoms. The number of carbonyl (C=O) groups excluding carboxylic acids is 1. The smallest absolute Gasteiger partial charge is 0.164 e. The Morgan fingerprint density at radius 3 is 2.68 bits per heavy atom. The van der Waals surface area contributed by atoms with Crippen LogP contribution in [0.3, 0.4) is 0 Å². The van der Waals surface area contributed by atoms with Gasteiger partial charge in [-0.15, -0.1) is 0 Å². The zero-order chi connectivity index (χ0) is 18.6. The van der Waals surface area contributed by atoms with Gasteiger partial charge in [-0.1, -0.05) is 13.5 Å². The Balaban J connectivity index is 2.20. The molecule has 0 amide bonds. The van der Waals surface area contributed by atoms with Gasteiger partial charge >= 0.3 is 0 Å². The Morgan fingerprint density at radius 2 is 2.12 bits per heavy atom. The molecule has 2 rings (SSSR count). The summed E-state index contributed by atoms with van der Waals surface area (Å²) in [4.78, 5) is 14.4. The summed E-state index contributed by atoms with van der Waals surface area (Å²) < 4.78 is 0. The van der Waals surface area contributed by atoms with Gasteiger partial charge in [-0.25, -0.2) is 5.84 Å². The van der Waals surface area contributed by atoms with Crippen LogP contribution in [0.15, 0.2) is 59.4 Å². The van der Waals surface area contributed by atoms with Crippen molar-refractivity contribution in [3.8, 4) is 0 Å². The van der Waals surface area contributed by atoms with Crippen LogP contribution in [0.1, 0.15) is 46.5 Å². The molecule has 5 nitrogen and oxygen atoms in total. The lowest BCUT2D eigenvalue weighted by Crippen LogP contribution is -2.29. The van der Waals surface area contributed by atoms with Crippen LogP contribution in [0.2, 0.25) is 0 Å². The van der Waals surface area contributed by atoms with E-state index in [0.717, 1.165) is 23.3 Å². The number of hydrazine groups is 1. The van der Waals surface area contributed by atoms with E-state index in [0.29, 0.717) is 24.6 Å². The quantitative estimate of drug-likeness (QED) is 0.523. The number of ketones is 1. The molecule has 1 fully saturated rings. The monoisotopic (exact) mass is 342 g/mol. The number of rotatable bonds is 8. The van der Waals surface area contributed by atoms with E-state index in [1.807, 2.05) is 31.0 Å². The third-order valence-corrected chi connectivity index (χ3v) is 4.21. The molecule has 2 aliphatic rings. The van der Waals surface area contributed by atoms with E-state index in [1.165, 1.54) is 18.4 Å². The Hall–Kier alpha value is -2.27. The van der Waals surface area contributed by atoms with Gasteiger partial charge in [-0.2, -0.15) is 0 Å². The second kappa shape index (κ2) is 8.21. The summed E-state index contributed by atoms with van der Waals surface area (Å²) in [5.41, 5.74) is 10.1. The average molecular weight is 342 g/mol. The number of nitrogens with two attached hydrogens (primary N) is 2. The van der Waals surface area contributed by atoms with Gasteiger partial charge in [0.1, 0.15) is 0 Å². The maximum atomic E-state index is 12.5. The van der Waals surface area contributed by atoms with Crippen LogP contribution in [0.5, 0.6) is 0 Å². The van der Waals surface area contributed by atoms with Crippen molar-refractivity contribution in [2.75, 3.05) is 6.54 Å². The van der Waals surface area contributed by atoms with Crippen LogP contribution in [-0.2, 0) is 4.79 Å². The minimum Gasteiger partial charge on any atom is -0.401 e. The third-order valence-electron chi connectivity index (χ3n) is 4.21. The summed E-state index contributed by atoms with van der Waals surface area (Å²) in [5.74, 6) is 6.67. The van der Waals surface area contributed by atoms with Crippen molar-refractivity contribution in [3.63, 3.8) is 0 Å². The molecular formula is C20H30N4O. The maximum Gasteiger partial charge on any atom is 0.164 e. The zero-order valence-electron chi connectivity index (χ0n) is 15.6. The van der Waals surface area contributed by atoms with Gasteiger partial charge in [0.2, 0.25) is 0 Å². The van der Waals surface area contributed by atoms with E-state index in [2.05, 4.69) is 12.8 Å². The fourth-order valence-corrected chi connectivity index (χ4v) is 2.90. The zero-order valence-corrected chi connectivity index (χ0v) is 15.6. The van der Waals surface area contributed by atoms with Crippen molar-refractivity contribution in [2.24, 2.45) is 17.5 Å². The van der Waals surface area contributed by atoms with Crippen LogP contribution in [-0.4, -0.2) is 22.2 Å². The highest BCUT2D eigenvalue weighted by molar-refractivity contribution is 6.00. The number of Topliss-reactive ketones (excluding diaryl/α,β-unsaturated/α-hetero) is 1. The average Bonchev–Trinajstić information content (AvgIpc) is 3.33. The third kappa shape index (κ3) is 5.36. The highest BCUT2D eigenvalue weighted by Crippen LogP contribution is 2.41. The molecular weight excluding hydrogens is 312 g/mol. The standard InChI is InChI=1S/C20H30N4O/c1-5-6-20(25)19-9-18(17-7-8-17)13-23(16(19)4)10-14(2)11-24(22)12-15(3)21/h9-10,12-13,17H,4-8,11,21-22H2,1-3H3/b14-10+,15-12-. The van der Waals surface area contributed by atoms with Gasteiger partial charge in [0.15, 0.2) is 5.78 Å². The summed E-state index contributed by atoms with van der Waals surface area (Å²) in [7, 11) is 0. The molecule has 0 aromatic heterocycles. The van der Waals surface area contributed by atoms with Crippen LogP contribution in [0, 0.1) is 5.92 Å². The van der Waals surface area contributed by atoms with Crippen LogP contribution in [0.4, 0.5) is 0 Å². The molecule has 5 heteroatoms. The molecule has 0 unspecified atom stereocenters. The molecule has 136 valence electrons. The van der Waals surface area contributed by atoms with Gasteiger partial charge in [-0.3, -0.25) is 4.79 Å². The molecule has 0 aromatic carbocycles. The Kier molecular flexibility index (Phi) is 6.26. The van der Waals surface area contributed by atoms with E-state index in [9.17, 15) is 4.79 Å². The van der Waals surface area contributed by atoms with Gasteiger partial charge in [0.25, 0.3) is 0 Å². The summed E-state index contributed by atoms with van der Waals surface area (Å²) >= 11 is 0. The lowest BCUT2D eigenvalue weighted by Gasteiger charge is -2.27. The van der Waals surface area contributed by atoms with Crippen molar-refractivity contribution in [1.29, 1.82) is 0 Å².